The number of aryl methyl sites for hydroxylation is 1. The molecule has 0 unspecified atom stereocenters. The Labute approximate surface area is 217 Å². The van der Waals surface area contributed by atoms with Crippen LogP contribution in [0.3, 0.4) is 0 Å². The molecule has 0 radical (unpaired) electrons. The monoisotopic (exact) mass is 541 g/mol. The van der Waals surface area contributed by atoms with Crippen LogP contribution in [-0.4, -0.2) is 32.7 Å². The van der Waals surface area contributed by atoms with Gasteiger partial charge in [-0.15, -0.1) is 0 Å². The summed E-state index contributed by atoms with van der Waals surface area (Å²) in [6.45, 7) is 1.97. The molecule has 1 aromatic heterocycles. The largest absolute Gasteiger partial charge is 0.481 e. The Morgan fingerprint density at radius 3 is 2.36 bits per heavy atom. The predicted octanol–water partition coefficient (Wildman–Crippen LogP) is 6.52. The van der Waals surface area contributed by atoms with E-state index < -0.39 is 5.97 Å². The fourth-order valence-corrected chi connectivity index (χ4v) is 5.13. The van der Waals surface area contributed by atoms with Gasteiger partial charge in [-0.1, -0.05) is 76.6 Å². The molecule has 1 aliphatic rings. The molecule has 0 spiro atoms. The lowest BCUT2D eigenvalue weighted by Crippen LogP contribution is -2.27. The van der Waals surface area contributed by atoms with E-state index in [9.17, 15) is 9.59 Å². The SMILES string of the molecule is Cc1nc2ccc(Br)cc2c(-c2ccccc2)c1C1=NN(C(=O)CCC(=O)O)[C@H](c2ccccc2)C1. The topological polar surface area (TPSA) is 82.9 Å². The van der Waals surface area contributed by atoms with E-state index in [1.54, 1.807) is 0 Å². The van der Waals surface area contributed by atoms with Gasteiger partial charge >= 0.3 is 5.97 Å². The highest BCUT2D eigenvalue weighted by molar-refractivity contribution is 9.10. The lowest BCUT2D eigenvalue weighted by Gasteiger charge is -2.21. The Morgan fingerprint density at radius 1 is 0.972 bits per heavy atom. The molecule has 0 fully saturated rings. The molecule has 6 nitrogen and oxygen atoms in total. The number of carboxylic acid groups (broad SMARTS) is 1. The number of hydrazone groups is 1. The number of hydrogen-bond acceptors (Lipinski definition) is 4. The minimum Gasteiger partial charge on any atom is -0.481 e. The standard InChI is InChI=1S/C29H24BrN3O3/c1-18-28(29(20-10-6-3-7-11-20)22-16-21(30)12-13-23(22)31-18)24-17-25(19-8-4-2-5-9-19)33(32-24)26(34)14-15-27(35)36/h2-13,16,25H,14-15,17H2,1H3,(H,35,36)/t25-/m0/s1. The number of amides is 1. The van der Waals surface area contributed by atoms with Crippen molar-refractivity contribution in [2.45, 2.75) is 32.2 Å². The Kier molecular flexibility index (Phi) is 6.65. The van der Waals surface area contributed by atoms with Crippen molar-refractivity contribution in [2.24, 2.45) is 5.10 Å². The number of carbonyl (C=O) groups excluding carboxylic acids is 1. The Morgan fingerprint density at radius 2 is 1.67 bits per heavy atom. The Hall–Kier alpha value is -3.84. The zero-order valence-electron chi connectivity index (χ0n) is 19.7. The van der Waals surface area contributed by atoms with Crippen LogP contribution >= 0.6 is 15.9 Å². The van der Waals surface area contributed by atoms with Crippen LogP contribution in [0.1, 0.15) is 42.1 Å². The van der Waals surface area contributed by atoms with Gasteiger partial charge in [0.2, 0.25) is 5.91 Å². The van der Waals surface area contributed by atoms with Gasteiger partial charge in [-0.2, -0.15) is 5.10 Å². The van der Waals surface area contributed by atoms with Gasteiger partial charge in [0.05, 0.1) is 23.7 Å². The summed E-state index contributed by atoms with van der Waals surface area (Å²) in [7, 11) is 0. The van der Waals surface area contributed by atoms with Gasteiger partial charge in [0.25, 0.3) is 0 Å². The molecule has 36 heavy (non-hydrogen) atoms. The van der Waals surface area contributed by atoms with Gasteiger partial charge in [0.1, 0.15) is 0 Å². The summed E-state index contributed by atoms with van der Waals surface area (Å²) < 4.78 is 0.949. The summed E-state index contributed by atoms with van der Waals surface area (Å²) in [4.78, 5) is 29.2. The summed E-state index contributed by atoms with van der Waals surface area (Å²) in [6, 6.07) is 25.6. The molecule has 1 N–H and O–H groups in total. The minimum atomic E-state index is -1.01. The number of carbonyl (C=O) groups is 2. The van der Waals surface area contributed by atoms with E-state index in [-0.39, 0.29) is 24.8 Å². The van der Waals surface area contributed by atoms with Crippen LogP contribution in [0.15, 0.2) is 88.4 Å². The fraction of sp³-hybridized carbons (Fsp3) is 0.172. The third-order valence-corrected chi connectivity index (χ3v) is 6.88. The lowest BCUT2D eigenvalue weighted by molar-refractivity contribution is -0.141. The number of hydrogen-bond donors (Lipinski definition) is 1. The molecule has 180 valence electrons. The second-order valence-corrected chi connectivity index (χ2v) is 9.70. The van der Waals surface area contributed by atoms with E-state index in [1.165, 1.54) is 5.01 Å². The molecule has 0 saturated heterocycles. The molecular weight excluding hydrogens is 518 g/mol. The molecule has 3 aromatic carbocycles. The van der Waals surface area contributed by atoms with Gasteiger partial charge < -0.3 is 5.11 Å². The predicted molar refractivity (Wildman–Crippen MR) is 144 cm³/mol. The first-order valence-electron chi connectivity index (χ1n) is 11.7. The van der Waals surface area contributed by atoms with E-state index in [0.717, 1.165) is 49.0 Å². The number of aromatic nitrogens is 1. The fourth-order valence-electron chi connectivity index (χ4n) is 4.77. The number of aliphatic carboxylic acids is 1. The first-order valence-corrected chi connectivity index (χ1v) is 12.5. The molecule has 4 aromatic rings. The first kappa shape index (κ1) is 23.9. The van der Waals surface area contributed by atoms with Crippen molar-refractivity contribution in [1.29, 1.82) is 0 Å². The van der Waals surface area contributed by atoms with Crippen LogP contribution in [0.5, 0.6) is 0 Å². The molecule has 1 aliphatic heterocycles. The second kappa shape index (κ2) is 10.0. The molecule has 0 saturated carbocycles. The van der Waals surface area contributed by atoms with Crippen LogP contribution in [0, 0.1) is 6.92 Å². The summed E-state index contributed by atoms with van der Waals surface area (Å²) in [6.07, 6.45) is 0.162. The number of rotatable bonds is 6. The third kappa shape index (κ3) is 4.66. The minimum absolute atomic E-state index is 0.108. The average Bonchev–Trinajstić information content (AvgIpc) is 3.33. The summed E-state index contributed by atoms with van der Waals surface area (Å²) >= 11 is 3.60. The van der Waals surface area contributed by atoms with Crippen molar-refractivity contribution in [3.8, 4) is 11.1 Å². The molecule has 5 rings (SSSR count). The maximum Gasteiger partial charge on any atom is 0.303 e. The van der Waals surface area contributed by atoms with E-state index in [2.05, 4.69) is 34.1 Å². The van der Waals surface area contributed by atoms with Gasteiger partial charge in [0, 0.05) is 39.5 Å². The second-order valence-electron chi connectivity index (χ2n) is 8.78. The molecule has 2 heterocycles. The maximum absolute atomic E-state index is 13.1. The van der Waals surface area contributed by atoms with Crippen molar-refractivity contribution in [1.82, 2.24) is 9.99 Å². The van der Waals surface area contributed by atoms with Crippen LogP contribution < -0.4 is 0 Å². The van der Waals surface area contributed by atoms with Crippen molar-refractivity contribution < 1.29 is 14.7 Å². The van der Waals surface area contributed by atoms with Gasteiger partial charge in [-0.05, 0) is 36.2 Å². The number of halogens is 1. The normalized spacial score (nSPS) is 15.2. The van der Waals surface area contributed by atoms with E-state index in [4.69, 9.17) is 15.2 Å². The van der Waals surface area contributed by atoms with Crippen molar-refractivity contribution in [3.05, 3.63) is 100 Å². The van der Waals surface area contributed by atoms with E-state index in [1.807, 2.05) is 67.6 Å². The smallest absolute Gasteiger partial charge is 0.303 e. The Balaban J connectivity index is 1.69. The zero-order chi connectivity index (χ0) is 25.2. The van der Waals surface area contributed by atoms with Crippen molar-refractivity contribution in [2.75, 3.05) is 0 Å². The van der Waals surface area contributed by atoms with Crippen molar-refractivity contribution in [3.63, 3.8) is 0 Å². The summed E-state index contributed by atoms with van der Waals surface area (Å²) in [5.41, 5.74) is 6.38. The maximum atomic E-state index is 13.1. The molecule has 7 heteroatoms. The quantitative estimate of drug-likeness (QED) is 0.301. The number of nitrogens with zero attached hydrogens (tertiary/aromatic N) is 3. The van der Waals surface area contributed by atoms with Crippen LogP contribution in [0.2, 0.25) is 0 Å². The molecule has 1 atom stereocenters. The average molecular weight is 542 g/mol. The number of carboxylic acids is 1. The highest BCUT2D eigenvalue weighted by Gasteiger charge is 2.35. The van der Waals surface area contributed by atoms with E-state index >= 15 is 0 Å². The van der Waals surface area contributed by atoms with Crippen LogP contribution in [-0.2, 0) is 9.59 Å². The van der Waals surface area contributed by atoms with Crippen LogP contribution in [0.4, 0.5) is 0 Å². The lowest BCUT2D eigenvalue weighted by atomic mass is 9.89. The Bertz CT molecular complexity index is 1490. The van der Waals surface area contributed by atoms with Gasteiger partial charge in [-0.25, -0.2) is 5.01 Å². The van der Waals surface area contributed by atoms with Crippen molar-refractivity contribution >= 4 is 44.4 Å². The number of pyridine rings is 1. The highest BCUT2D eigenvalue weighted by atomic mass is 79.9. The van der Waals surface area contributed by atoms with E-state index in [0.29, 0.717) is 6.42 Å². The summed E-state index contributed by atoms with van der Waals surface area (Å²) in [5, 5.41) is 16.4. The molecule has 0 aliphatic carbocycles. The summed E-state index contributed by atoms with van der Waals surface area (Å²) in [5.74, 6) is -1.31. The van der Waals surface area contributed by atoms with Crippen LogP contribution in [0.25, 0.3) is 22.0 Å². The molecule has 0 bridgehead atoms. The van der Waals surface area contributed by atoms with Gasteiger partial charge in [-0.3, -0.25) is 14.6 Å². The third-order valence-electron chi connectivity index (χ3n) is 6.38. The first-order chi connectivity index (χ1) is 17.4. The highest BCUT2D eigenvalue weighted by Crippen LogP contribution is 2.40. The number of benzene rings is 3. The zero-order valence-corrected chi connectivity index (χ0v) is 21.3. The number of fused-ring (bicyclic) bond motifs is 1. The van der Waals surface area contributed by atoms with Gasteiger partial charge in [0.15, 0.2) is 0 Å². The molecular formula is C29H24BrN3O3. The molecule has 1 amide bonds.